The summed E-state index contributed by atoms with van der Waals surface area (Å²) in [5.74, 6) is -1.43. The van der Waals surface area contributed by atoms with E-state index in [1.807, 2.05) is 10.8 Å². The number of carbonyl (C=O) groups is 1. The molecule has 0 radical (unpaired) electrons. The van der Waals surface area contributed by atoms with Crippen LogP contribution in [0.1, 0.15) is 10.4 Å². The monoisotopic (exact) mass is 476 g/mol. The second-order valence-corrected chi connectivity index (χ2v) is 7.66. The number of nitrogens with zero attached hydrogens (tertiary/aromatic N) is 4. The molecular formula is C19H15BrClFN6O. The van der Waals surface area contributed by atoms with Crippen LogP contribution in [0, 0.1) is 5.82 Å². The molecule has 4 rings (SSSR count). The first-order chi connectivity index (χ1) is 13.9. The Bertz CT molecular complexity index is 1210. The third kappa shape index (κ3) is 3.83. The first-order valence-electron chi connectivity index (χ1n) is 8.59. The summed E-state index contributed by atoms with van der Waals surface area (Å²) in [4.78, 5) is 20.2. The van der Waals surface area contributed by atoms with E-state index in [0.717, 1.165) is 4.47 Å². The highest BCUT2D eigenvalue weighted by atomic mass is 79.9. The second-order valence-electron chi connectivity index (χ2n) is 6.33. The number of rotatable bonds is 6. The Morgan fingerprint density at radius 2 is 2.10 bits per heavy atom. The lowest BCUT2D eigenvalue weighted by Gasteiger charge is -2.14. The van der Waals surface area contributed by atoms with Crippen LogP contribution in [-0.4, -0.2) is 25.0 Å². The molecule has 2 aromatic heterocycles. The average molecular weight is 478 g/mol. The number of aromatic nitrogens is 4. The van der Waals surface area contributed by atoms with Crippen LogP contribution in [-0.2, 0) is 13.1 Å². The molecule has 0 aliphatic carbocycles. The highest BCUT2D eigenvalue weighted by Crippen LogP contribution is 2.34. The van der Waals surface area contributed by atoms with Gasteiger partial charge < -0.3 is 20.2 Å². The van der Waals surface area contributed by atoms with Crippen molar-refractivity contribution in [3.63, 3.8) is 0 Å². The van der Waals surface area contributed by atoms with Crippen LogP contribution in [0.2, 0.25) is 5.02 Å². The second kappa shape index (κ2) is 7.84. The topological polar surface area (TPSA) is 90.8 Å². The number of carbonyl (C=O) groups excluding carboxylic acids is 1. The molecule has 148 valence electrons. The number of aryl methyl sites for hydroxylation is 2. The predicted molar refractivity (Wildman–Crippen MR) is 113 cm³/mol. The van der Waals surface area contributed by atoms with Gasteiger partial charge in [-0.2, -0.15) is 0 Å². The Morgan fingerprint density at radius 3 is 2.79 bits per heavy atom. The van der Waals surface area contributed by atoms with E-state index in [9.17, 15) is 4.79 Å². The maximum atomic E-state index is 15.3. The zero-order valence-electron chi connectivity index (χ0n) is 14.9. The summed E-state index contributed by atoms with van der Waals surface area (Å²) in [6, 6.07) is 6.62. The number of hydrogen-bond donors (Lipinski definition) is 2. The van der Waals surface area contributed by atoms with Gasteiger partial charge in [0.1, 0.15) is 5.52 Å². The van der Waals surface area contributed by atoms with E-state index in [1.54, 1.807) is 35.3 Å². The summed E-state index contributed by atoms with van der Waals surface area (Å²) in [6.45, 7) is 1.14. The van der Waals surface area contributed by atoms with Crippen molar-refractivity contribution in [2.45, 2.75) is 13.1 Å². The smallest absolute Gasteiger partial charge is 0.251 e. The van der Waals surface area contributed by atoms with Gasteiger partial charge in [0, 0.05) is 30.0 Å². The lowest BCUT2D eigenvalue weighted by atomic mass is 10.1. The first kappa shape index (κ1) is 19.4. The van der Waals surface area contributed by atoms with E-state index in [4.69, 9.17) is 17.3 Å². The highest BCUT2D eigenvalue weighted by molar-refractivity contribution is 9.10. The van der Waals surface area contributed by atoms with Crippen LogP contribution < -0.4 is 11.1 Å². The molecule has 0 atom stereocenters. The van der Waals surface area contributed by atoms with Crippen molar-refractivity contribution in [1.29, 1.82) is 0 Å². The van der Waals surface area contributed by atoms with Crippen LogP contribution in [0.15, 0.2) is 53.8 Å². The van der Waals surface area contributed by atoms with Gasteiger partial charge in [0.05, 0.1) is 40.1 Å². The third-order valence-corrected chi connectivity index (χ3v) is 5.28. The molecule has 0 saturated carbocycles. The van der Waals surface area contributed by atoms with Gasteiger partial charge in [-0.25, -0.2) is 14.4 Å². The Morgan fingerprint density at radius 1 is 1.28 bits per heavy atom. The fourth-order valence-corrected chi connectivity index (χ4v) is 3.74. The molecule has 2 heterocycles. The third-order valence-electron chi connectivity index (χ3n) is 4.47. The molecule has 0 aliphatic heterocycles. The number of benzene rings is 2. The van der Waals surface area contributed by atoms with Crippen molar-refractivity contribution in [3.8, 4) is 0 Å². The average Bonchev–Trinajstić information content (AvgIpc) is 3.33. The van der Waals surface area contributed by atoms with Crippen LogP contribution in [0.5, 0.6) is 0 Å². The number of primary amides is 1. The van der Waals surface area contributed by atoms with Gasteiger partial charge in [-0.05, 0) is 24.3 Å². The molecular weight excluding hydrogens is 463 g/mol. The molecule has 10 heteroatoms. The summed E-state index contributed by atoms with van der Waals surface area (Å²) < 4.78 is 19.7. The van der Waals surface area contributed by atoms with E-state index >= 15 is 4.39 Å². The largest absolute Gasteiger partial charge is 0.366 e. The van der Waals surface area contributed by atoms with Crippen LogP contribution in [0.3, 0.4) is 0 Å². The van der Waals surface area contributed by atoms with Crippen LogP contribution >= 0.6 is 27.5 Å². The number of halogens is 3. The lowest BCUT2D eigenvalue weighted by Crippen LogP contribution is -2.15. The van der Waals surface area contributed by atoms with Gasteiger partial charge in [0.25, 0.3) is 5.91 Å². The molecule has 3 N–H and O–H groups in total. The van der Waals surface area contributed by atoms with Crippen molar-refractivity contribution >= 4 is 55.8 Å². The molecule has 0 bridgehead atoms. The summed E-state index contributed by atoms with van der Waals surface area (Å²) in [5.41, 5.74) is 6.53. The van der Waals surface area contributed by atoms with Crippen molar-refractivity contribution in [2.24, 2.45) is 5.73 Å². The molecule has 0 fully saturated rings. The Balaban J connectivity index is 1.75. The number of nitrogens with two attached hydrogens (primary N) is 1. The summed E-state index contributed by atoms with van der Waals surface area (Å²) in [7, 11) is 0. The van der Waals surface area contributed by atoms with Gasteiger partial charge >= 0.3 is 0 Å². The number of amides is 1. The Labute approximate surface area is 178 Å². The van der Waals surface area contributed by atoms with Gasteiger partial charge in [-0.15, -0.1) is 0 Å². The predicted octanol–water partition coefficient (Wildman–Crippen LogP) is 4.33. The highest BCUT2D eigenvalue weighted by Gasteiger charge is 2.21. The standard InChI is InChI=1S/C19H15BrClFN6O/c20-11-1-2-14(13(21)7-11)26-17-12(19(23)29)8-15-18(16(17)22)25-10-28(15)6-5-27-4-3-24-9-27/h1-4,7-10,26H,5-6H2,(H2,23,29). The lowest BCUT2D eigenvalue weighted by molar-refractivity contribution is 0.100. The molecule has 1 amide bonds. The normalized spacial score (nSPS) is 11.1. The van der Waals surface area contributed by atoms with Crippen LogP contribution in [0.25, 0.3) is 11.0 Å². The molecule has 4 aromatic rings. The quantitative estimate of drug-likeness (QED) is 0.432. The fraction of sp³-hybridized carbons (Fsp3) is 0.105. The van der Waals surface area contributed by atoms with E-state index in [2.05, 4.69) is 31.2 Å². The number of hydrogen-bond acceptors (Lipinski definition) is 4. The van der Waals surface area contributed by atoms with E-state index in [-0.39, 0.29) is 16.8 Å². The van der Waals surface area contributed by atoms with Crippen molar-refractivity contribution < 1.29 is 9.18 Å². The zero-order valence-corrected chi connectivity index (χ0v) is 17.3. The number of nitrogens with one attached hydrogen (secondary N) is 1. The van der Waals surface area contributed by atoms with Crippen molar-refractivity contribution in [3.05, 3.63) is 70.2 Å². The Hall–Kier alpha value is -2.91. The first-order valence-corrected chi connectivity index (χ1v) is 9.76. The summed E-state index contributed by atoms with van der Waals surface area (Å²) in [5, 5.41) is 3.24. The molecule has 0 saturated heterocycles. The van der Waals surface area contributed by atoms with Crippen molar-refractivity contribution in [1.82, 2.24) is 19.1 Å². The minimum atomic E-state index is -0.760. The maximum absolute atomic E-state index is 15.3. The van der Waals surface area contributed by atoms with E-state index in [1.165, 1.54) is 12.4 Å². The van der Waals surface area contributed by atoms with E-state index in [0.29, 0.717) is 29.3 Å². The fourth-order valence-electron chi connectivity index (χ4n) is 3.02. The van der Waals surface area contributed by atoms with Gasteiger partial charge in [-0.3, -0.25) is 4.79 Å². The van der Waals surface area contributed by atoms with E-state index < -0.39 is 11.7 Å². The van der Waals surface area contributed by atoms with Crippen LogP contribution in [0.4, 0.5) is 15.8 Å². The Kier molecular flexibility index (Phi) is 5.25. The zero-order chi connectivity index (χ0) is 20.5. The van der Waals surface area contributed by atoms with Gasteiger partial charge in [0.15, 0.2) is 5.82 Å². The number of fused-ring (bicyclic) bond motifs is 1. The minimum absolute atomic E-state index is 0.0124. The SMILES string of the molecule is NC(=O)c1cc2c(ncn2CCn2ccnc2)c(F)c1Nc1ccc(Br)cc1Cl. The number of imidazole rings is 2. The van der Waals surface area contributed by atoms with Crippen molar-refractivity contribution in [2.75, 3.05) is 5.32 Å². The molecule has 7 nitrogen and oxygen atoms in total. The maximum Gasteiger partial charge on any atom is 0.251 e. The molecule has 0 unspecified atom stereocenters. The van der Waals surface area contributed by atoms with Gasteiger partial charge in [0.2, 0.25) is 0 Å². The molecule has 0 aliphatic rings. The minimum Gasteiger partial charge on any atom is -0.366 e. The van der Waals surface area contributed by atoms with Gasteiger partial charge in [-0.1, -0.05) is 27.5 Å². The number of anilines is 2. The summed E-state index contributed by atoms with van der Waals surface area (Å²) in [6.07, 6.45) is 6.74. The molecule has 0 spiro atoms. The summed E-state index contributed by atoms with van der Waals surface area (Å²) >= 11 is 9.54. The molecule has 29 heavy (non-hydrogen) atoms. The molecule has 2 aromatic carbocycles.